The van der Waals surface area contributed by atoms with E-state index < -0.39 is 0 Å². The van der Waals surface area contributed by atoms with Gasteiger partial charge in [0.2, 0.25) is 0 Å². The van der Waals surface area contributed by atoms with E-state index in [-0.39, 0.29) is 5.54 Å². The van der Waals surface area contributed by atoms with E-state index in [1.165, 1.54) is 24.1 Å². The molecule has 1 heterocycles. The summed E-state index contributed by atoms with van der Waals surface area (Å²) in [6.07, 6.45) is 4.47. The summed E-state index contributed by atoms with van der Waals surface area (Å²) in [5, 5.41) is 9.26. The zero-order valence-corrected chi connectivity index (χ0v) is 12.5. The smallest absolute Gasteiger partial charge is 0.0434 e. The number of anilines is 1. The minimum atomic E-state index is 0.134. The van der Waals surface area contributed by atoms with E-state index >= 15 is 0 Å². The third-order valence-electron chi connectivity index (χ3n) is 4.76. The third kappa shape index (κ3) is 2.94. The highest BCUT2D eigenvalue weighted by atomic mass is 16.3. The van der Waals surface area contributed by atoms with Crippen LogP contribution in [0.3, 0.4) is 0 Å². The lowest BCUT2D eigenvalue weighted by molar-refractivity contribution is 0.176. The highest BCUT2D eigenvalue weighted by Crippen LogP contribution is 2.38. The van der Waals surface area contributed by atoms with E-state index in [1.807, 2.05) is 0 Å². The lowest BCUT2D eigenvalue weighted by atomic mass is 9.77. The molecule has 106 valence electrons. The van der Waals surface area contributed by atoms with Gasteiger partial charge in [0.15, 0.2) is 0 Å². The molecule has 1 aromatic rings. The molecule has 0 aromatic heterocycles. The molecule has 0 spiro atoms. The maximum absolute atomic E-state index is 9.26. The highest BCUT2D eigenvalue weighted by Gasteiger charge is 2.37. The minimum Gasteiger partial charge on any atom is -0.396 e. The maximum atomic E-state index is 9.26. The molecule has 0 amide bonds. The van der Waals surface area contributed by atoms with Gasteiger partial charge < -0.3 is 10.0 Å². The molecular weight excluding hydrogens is 234 g/mol. The quantitative estimate of drug-likeness (QED) is 0.894. The number of benzene rings is 1. The van der Waals surface area contributed by atoms with Crippen LogP contribution in [-0.2, 0) is 6.42 Å². The Labute approximate surface area is 117 Å². The van der Waals surface area contributed by atoms with E-state index in [0.29, 0.717) is 12.5 Å². The van der Waals surface area contributed by atoms with Gasteiger partial charge in [-0.2, -0.15) is 0 Å². The van der Waals surface area contributed by atoms with Crippen LogP contribution in [0.4, 0.5) is 5.69 Å². The zero-order chi connectivity index (χ0) is 13.9. The molecule has 0 radical (unpaired) electrons. The van der Waals surface area contributed by atoms with Crippen molar-refractivity contribution in [3.05, 3.63) is 29.8 Å². The highest BCUT2D eigenvalue weighted by molar-refractivity contribution is 5.50. The van der Waals surface area contributed by atoms with Crippen LogP contribution < -0.4 is 4.90 Å². The molecule has 1 aliphatic rings. The second kappa shape index (κ2) is 5.96. The number of rotatable bonds is 4. The molecule has 0 bridgehead atoms. The van der Waals surface area contributed by atoms with Crippen LogP contribution in [0.25, 0.3) is 0 Å². The van der Waals surface area contributed by atoms with Crippen molar-refractivity contribution in [2.24, 2.45) is 5.92 Å². The fraction of sp³-hybridized carbons (Fsp3) is 0.647. The molecular formula is C17H27NO. The largest absolute Gasteiger partial charge is 0.396 e. The number of hydrogen-bond acceptors (Lipinski definition) is 2. The molecule has 2 rings (SSSR count). The first-order valence-corrected chi connectivity index (χ1v) is 7.57. The van der Waals surface area contributed by atoms with E-state index in [9.17, 15) is 5.11 Å². The molecule has 1 unspecified atom stereocenters. The Bertz CT molecular complexity index is 394. The Balaban J connectivity index is 2.21. The van der Waals surface area contributed by atoms with Crippen molar-refractivity contribution in [1.82, 2.24) is 0 Å². The summed E-state index contributed by atoms with van der Waals surface area (Å²) < 4.78 is 0. The number of aliphatic hydroxyl groups excluding tert-OH is 1. The van der Waals surface area contributed by atoms with Gasteiger partial charge in [0.1, 0.15) is 0 Å². The molecule has 0 saturated carbocycles. The number of piperidine rings is 1. The molecule has 0 aliphatic carbocycles. The fourth-order valence-electron chi connectivity index (χ4n) is 3.38. The Morgan fingerprint density at radius 3 is 2.53 bits per heavy atom. The van der Waals surface area contributed by atoms with Crippen LogP contribution >= 0.6 is 0 Å². The van der Waals surface area contributed by atoms with Crippen molar-refractivity contribution in [3.8, 4) is 0 Å². The lowest BCUT2D eigenvalue weighted by Gasteiger charge is -2.49. The van der Waals surface area contributed by atoms with E-state index in [4.69, 9.17) is 0 Å². The number of aliphatic hydroxyl groups is 1. The predicted octanol–water partition coefficient (Wildman–Crippen LogP) is 3.63. The molecule has 1 N–H and O–H groups in total. The van der Waals surface area contributed by atoms with E-state index in [0.717, 1.165) is 19.4 Å². The summed E-state index contributed by atoms with van der Waals surface area (Å²) >= 11 is 0. The Hall–Kier alpha value is -1.02. The zero-order valence-electron chi connectivity index (χ0n) is 12.5. The van der Waals surface area contributed by atoms with Crippen LogP contribution in [0.15, 0.2) is 24.3 Å². The molecule has 19 heavy (non-hydrogen) atoms. The monoisotopic (exact) mass is 261 g/mol. The topological polar surface area (TPSA) is 23.5 Å². The van der Waals surface area contributed by atoms with Gasteiger partial charge >= 0.3 is 0 Å². The Morgan fingerprint density at radius 2 is 1.95 bits per heavy atom. The molecule has 2 nitrogen and oxygen atoms in total. The molecule has 2 heteroatoms. The van der Waals surface area contributed by atoms with Gasteiger partial charge in [-0.3, -0.25) is 0 Å². The normalized spacial score (nSPS) is 22.5. The first kappa shape index (κ1) is 14.4. The van der Waals surface area contributed by atoms with Crippen LogP contribution in [0, 0.1) is 5.92 Å². The van der Waals surface area contributed by atoms with Gasteiger partial charge in [-0.15, -0.1) is 0 Å². The Morgan fingerprint density at radius 1 is 1.26 bits per heavy atom. The molecule has 1 aromatic carbocycles. The van der Waals surface area contributed by atoms with E-state index in [2.05, 4.69) is 49.9 Å². The maximum Gasteiger partial charge on any atom is 0.0434 e. The summed E-state index contributed by atoms with van der Waals surface area (Å²) in [5.74, 6) is 0.581. The van der Waals surface area contributed by atoms with Gasteiger partial charge in [-0.1, -0.05) is 19.1 Å². The summed E-state index contributed by atoms with van der Waals surface area (Å²) in [7, 11) is 0. The van der Waals surface area contributed by atoms with Crippen molar-refractivity contribution < 1.29 is 5.11 Å². The summed E-state index contributed by atoms with van der Waals surface area (Å²) in [6, 6.07) is 8.98. The third-order valence-corrected chi connectivity index (χ3v) is 4.76. The first-order chi connectivity index (χ1) is 9.09. The first-order valence-electron chi connectivity index (χ1n) is 7.57. The van der Waals surface area contributed by atoms with E-state index in [1.54, 1.807) is 0 Å². The summed E-state index contributed by atoms with van der Waals surface area (Å²) in [4.78, 5) is 2.52. The second-order valence-corrected chi connectivity index (χ2v) is 6.18. The number of hydrogen-bond donors (Lipinski definition) is 1. The van der Waals surface area contributed by atoms with Gasteiger partial charge in [0.05, 0.1) is 0 Å². The molecule has 1 aliphatic heterocycles. The van der Waals surface area contributed by atoms with Crippen molar-refractivity contribution >= 4 is 5.69 Å². The second-order valence-electron chi connectivity index (χ2n) is 6.18. The molecule has 1 saturated heterocycles. The predicted molar refractivity (Wildman–Crippen MR) is 81.7 cm³/mol. The lowest BCUT2D eigenvalue weighted by Crippen LogP contribution is -2.53. The fourth-order valence-corrected chi connectivity index (χ4v) is 3.38. The van der Waals surface area contributed by atoms with Gasteiger partial charge in [0.25, 0.3) is 0 Å². The van der Waals surface area contributed by atoms with Gasteiger partial charge in [-0.25, -0.2) is 0 Å². The van der Waals surface area contributed by atoms with Crippen LogP contribution in [-0.4, -0.2) is 23.8 Å². The Kier molecular flexibility index (Phi) is 4.51. The summed E-state index contributed by atoms with van der Waals surface area (Å²) in [6.45, 7) is 8.26. The number of aryl methyl sites for hydroxylation is 1. The van der Waals surface area contributed by atoms with Gasteiger partial charge in [0, 0.05) is 24.4 Å². The number of nitrogens with zero attached hydrogens (tertiary/aromatic N) is 1. The van der Waals surface area contributed by atoms with Gasteiger partial charge in [-0.05, 0) is 63.1 Å². The molecule has 1 fully saturated rings. The average Bonchev–Trinajstić information content (AvgIpc) is 2.41. The van der Waals surface area contributed by atoms with Crippen molar-refractivity contribution in [2.75, 3.05) is 18.1 Å². The van der Waals surface area contributed by atoms with Crippen LogP contribution in [0.5, 0.6) is 0 Å². The average molecular weight is 261 g/mol. The standard InChI is InChI=1S/C17H27NO/c1-4-14-7-9-16(10-8-14)18-12-5-6-15(11-13-19)17(18,2)3/h7-10,15,19H,4-6,11-13H2,1-3H3. The van der Waals surface area contributed by atoms with Crippen LogP contribution in [0.2, 0.25) is 0 Å². The minimum absolute atomic E-state index is 0.134. The molecule has 1 atom stereocenters. The van der Waals surface area contributed by atoms with Crippen molar-refractivity contribution in [1.29, 1.82) is 0 Å². The summed E-state index contributed by atoms with van der Waals surface area (Å²) in [5.41, 5.74) is 2.85. The van der Waals surface area contributed by atoms with Crippen molar-refractivity contribution in [3.63, 3.8) is 0 Å². The van der Waals surface area contributed by atoms with Crippen LogP contribution in [0.1, 0.15) is 45.6 Å². The SMILES string of the molecule is CCc1ccc(N2CCCC(CCO)C2(C)C)cc1. The van der Waals surface area contributed by atoms with Crippen molar-refractivity contribution in [2.45, 2.75) is 52.0 Å².